The van der Waals surface area contributed by atoms with Gasteiger partial charge in [0.15, 0.2) is 0 Å². The molecule has 0 atom stereocenters. The quantitative estimate of drug-likeness (QED) is 0.454. The zero-order valence-corrected chi connectivity index (χ0v) is 16.1. The summed E-state index contributed by atoms with van der Waals surface area (Å²) in [6.07, 6.45) is 5.38. The second-order valence-corrected chi connectivity index (χ2v) is 7.06. The number of amides is 2. The van der Waals surface area contributed by atoms with Crippen molar-refractivity contribution in [2.45, 2.75) is 19.8 Å². The molecule has 0 aliphatic carbocycles. The maximum atomic E-state index is 12.1. The Kier molecular flexibility index (Phi) is 6.38. The number of piperidine rings is 1. The van der Waals surface area contributed by atoms with E-state index in [-0.39, 0.29) is 11.4 Å². The third kappa shape index (κ3) is 5.28. The first-order valence-corrected chi connectivity index (χ1v) is 9.43. The first-order valence-electron chi connectivity index (χ1n) is 9.43. The SMILES string of the molecule is Cc1ccc([N+](=O)[O-])cc1NC(=O)C(=O)NCC1CCN(c2cccnc2)CC1. The molecule has 0 saturated carbocycles. The van der Waals surface area contributed by atoms with Crippen LogP contribution in [-0.4, -0.2) is 41.4 Å². The molecule has 1 aliphatic heterocycles. The molecule has 29 heavy (non-hydrogen) atoms. The number of aryl methyl sites for hydroxylation is 1. The highest BCUT2D eigenvalue weighted by molar-refractivity contribution is 6.39. The average molecular weight is 397 g/mol. The summed E-state index contributed by atoms with van der Waals surface area (Å²) < 4.78 is 0. The van der Waals surface area contributed by atoms with Crippen molar-refractivity contribution >= 4 is 28.9 Å². The predicted molar refractivity (Wildman–Crippen MR) is 109 cm³/mol. The monoisotopic (exact) mass is 397 g/mol. The lowest BCUT2D eigenvalue weighted by molar-refractivity contribution is -0.384. The topological polar surface area (TPSA) is 117 Å². The summed E-state index contributed by atoms with van der Waals surface area (Å²) in [7, 11) is 0. The van der Waals surface area contributed by atoms with Crippen LogP contribution in [0.4, 0.5) is 17.1 Å². The van der Waals surface area contributed by atoms with Gasteiger partial charge < -0.3 is 15.5 Å². The third-order valence-corrected chi connectivity index (χ3v) is 5.06. The van der Waals surface area contributed by atoms with E-state index in [1.54, 1.807) is 13.1 Å². The van der Waals surface area contributed by atoms with Crippen molar-refractivity contribution in [3.8, 4) is 0 Å². The smallest absolute Gasteiger partial charge is 0.313 e. The van der Waals surface area contributed by atoms with Gasteiger partial charge in [-0.05, 0) is 43.4 Å². The largest absolute Gasteiger partial charge is 0.370 e. The van der Waals surface area contributed by atoms with Crippen LogP contribution in [0, 0.1) is 23.0 Å². The molecule has 0 bridgehead atoms. The number of carbonyl (C=O) groups excluding carboxylic acids is 2. The summed E-state index contributed by atoms with van der Waals surface area (Å²) in [5, 5.41) is 16.0. The standard InChI is InChI=1S/C20H23N5O4/c1-14-4-5-16(25(28)29)11-18(14)23-20(27)19(26)22-12-15-6-9-24(10-7-15)17-3-2-8-21-13-17/h2-5,8,11,13,15H,6-7,9-10,12H2,1H3,(H,22,26)(H,23,27). The molecule has 2 amide bonds. The van der Waals surface area contributed by atoms with E-state index in [1.807, 2.05) is 18.3 Å². The van der Waals surface area contributed by atoms with Crippen LogP contribution in [0.3, 0.4) is 0 Å². The van der Waals surface area contributed by atoms with Gasteiger partial charge in [-0.25, -0.2) is 0 Å². The van der Waals surface area contributed by atoms with Crippen LogP contribution in [0.1, 0.15) is 18.4 Å². The number of nitro benzene ring substituents is 1. The first kappa shape index (κ1) is 20.2. The second kappa shape index (κ2) is 9.13. The lowest BCUT2D eigenvalue weighted by Gasteiger charge is -2.33. The number of hydrogen-bond donors (Lipinski definition) is 2. The van der Waals surface area contributed by atoms with Gasteiger partial charge in [0.1, 0.15) is 0 Å². The number of aromatic nitrogens is 1. The normalized spacial score (nSPS) is 14.3. The molecular formula is C20H23N5O4. The molecule has 2 aromatic rings. The lowest BCUT2D eigenvalue weighted by atomic mass is 9.96. The van der Waals surface area contributed by atoms with Gasteiger partial charge in [0.2, 0.25) is 0 Å². The van der Waals surface area contributed by atoms with Gasteiger partial charge in [-0.1, -0.05) is 6.07 Å². The molecule has 0 unspecified atom stereocenters. The van der Waals surface area contributed by atoms with E-state index in [2.05, 4.69) is 20.5 Å². The zero-order valence-electron chi connectivity index (χ0n) is 16.1. The maximum Gasteiger partial charge on any atom is 0.313 e. The fourth-order valence-corrected chi connectivity index (χ4v) is 3.29. The number of benzene rings is 1. The highest BCUT2D eigenvalue weighted by atomic mass is 16.6. The van der Waals surface area contributed by atoms with Crippen LogP contribution in [0.2, 0.25) is 0 Å². The Morgan fingerprint density at radius 3 is 2.66 bits per heavy atom. The van der Waals surface area contributed by atoms with E-state index in [0.29, 0.717) is 18.0 Å². The van der Waals surface area contributed by atoms with Crippen molar-refractivity contribution in [1.29, 1.82) is 0 Å². The van der Waals surface area contributed by atoms with E-state index in [0.717, 1.165) is 31.6 Å². The number of non-ortho nitro benzene ring substituents is 1. The summed E-state index contributed by atoms with van der Waals surface area (Å²) >= 11 is 0. The molecule has 1 fully saturated rings. The Balaban J connectivity index is 1.47. The van der Waals surface area contributed by atoms with Crippen LogP contribution >= 0.6 is 0 Å². The molecule has 1 aromatic carbocycles. The van der Waals surface area contributed by atoms with Gasteiger partial charge in [0.25, 0.3) is 5.69 Å². The van der Waals surface area contributed by atoms with E-state index in [4.69, 9.17) is 0 Å². The van der Waals surface area contributed by atoms with Crippen molar-refractivity contribution in [2.24, 2.45) is 5.92 Å². The number of nitro groups is 1. The number of anilines is 2. The number of pyridine rings is 1. The van der Waals surface area contributed by atoms with Crippen LogP contribution in [0.5, 0.6) is 0 Å². The van der Waals surface area contributed by atoms with Crippen molar-refractivity contribution in [1.82, 2.24) is 10.3 Å². The molecule has 3 rings (SSSR count). The Morgan fingerprint density at radius 1 is 1.24 bits per heavy atom. The second-order valence-electron chi connectivity index (χ2n) is 7.06. The molecule has 2 N–H and O–H groups in total. The molecule has 1 aromatic heterocycles. The summed E-state index contributed by atoms with van der Waals surface area (Å²) in [5.74, 6) is -1.29. The molecule has 1 saturated heterocycles. The summed E-state index contributed by atoms with van der Waals surface area (Å²) in [6, 6.07) is 8.05. The first-order chi connectivity index (χ1) is 13.9. The van der Waals surface area contributed by atoms with Gasteiger partial charge >= 0.3 is 11.8 Å². The van der Waals surface area contributed by atoms with Crippen molar-refractivity contribution in [3.05, 3.63) is 58.4 Å². The molecule has 0 spiro atoms. The van der Waals surface area contributed by atoms with Crippen molar-refractivity contribution < 1.29 is 14.5 Å². The van der Waals surface area contributed by atoms with Crippen LogP contribution < -0.4 is 15.5 Å². The minimum Gasteiger partial charge on any atom is -0.370 e. The van der Waals surface area contributed by atoms with Crippen molar-refractivity contribution in [3.63, 3.8) is 0 Å². The summed E-state index contributed by atoms with van der Waals surface area (Å²) in [5.41, 5.74) is 1.83. The molecular weight excluding hydrogens is 374 g/mol. The van der Waals surface area contributed by atoms with Crippen molar-refractivity contribution in [2.75, 3.05) is 29.9 Å². The summed E-state index contributed by atoms with van der Waals surface area (Å²) in [4.78, 5) is 41.0. The van der Waals surface area contributed by atoms with E-state index in [9.17, 15) is 19.7 Å². The Labute approximate surface area is 168 Å². The molecule has 152 valence electrons. The Hall–Kier alpha value is -3.49. The van der Waals surface area contributed by atoms with E-state index < -0.39 is 16.7 Å². The van der Waals surface area contributed by atoms with E-state index in [1.165, 1.54) is 18.2 Å². The molecule has 0 radical (unpaired) electrons. The molecule has 9 heteroatoms. The highest BCUT2D eigenvalue weighted by Crippen LogP contribution is 2.23. The van der Waals surface area contributed by atoms with Gasteiger partial charge in [0, 0.05) is 38.0 Å². The number of nitrogens with one attached hydrogen (secondary N) is 2. The third-order valence-electron chi connectivity index (χ3n) is 5.06. The number of hydrogen-bond acceptors (Lipinski definition) is 6. The fourth-order valence-electron chi connectivity index (χ4n) is 3.29. The minimum atomic E-state index is -0.832. The highest BCUT2D eigenvalue weighted by Gasteiger charge is 2.22. The van der Waals surface area contributed by atoms with E-state index >= 15 is 0 Å². The van der Waals surface area contributed by atoms with Gasteiger partial charge in [-0.3, -0.25) is 24.7 Å². The van der Waals surface area contributed by atoms with Crippen LogP contribution in [0.25, 0.3) is 0 Å². The Bertz CT molecular complexity index is 895. The zero-order chi connectivity index (χ0) is 20.8. The van der Waals surface area contributed by atoms with Crippen LogP contribution in [-0.2, 0) is 9.59 Å². The Morgan fingerprint density at radius 2 is 2.00 bits per heavy atom. The molecule has 1 aliphatic rings. The fraction of sp³-hybridized carbons (Fsp3) is 0.350. The van der Waals surface area contributed by atoms with Gasteiger partial charge in [0.05, 0.1) is 22.5 Å². The minimum absolute atomic E-state index is 0.147. The average Bonchev–Trinajstić information content (AvgIpc) is 2.74. The maximum absolute atomic E-state index is 12.1. The van der Waals surface area contributed by atoms with Gasteiger partial charge in [-0.2, -0.15) is 0 Å². The lowest BCUT2D eigenvalue weighted by Crippen LogP contribution is -2.41. The summed E-state index contributed by atoms with van der Waals surface area (Å²) in [6.45, 7) is 3.85. The molecule has 2 heterocycles. The number of nitrogens with zero attached hydrogens (tertiary/aromatic N) is 3. The predicted octanol–water partition coefficient (Wildman–Crippen LogP) is 2.27. The molecule has 9 nitrogen and oxygen atoms in total. The van der Waals surface area contributed by atoms with Crippen LogP contribution in [0.15, 0.2) is 42.7 Å². The van der Waals surface area contributed by atoms with Gasteiger partial charge in [-0.15, -0.1) is 0 Å². The number of carbonyl (C=O) groups is 2. The number of rotatable bonds is 5.